The van der Waals surface area contributed by atoms with Crippen LogP contribution in [0.5, 0.6) is 0 Å². The zero-order valence-corrected chi connectivity index (χ0v) is 23.2. The monoisotopic (exact) mass is 552 g/mol. The smallest absolute Gasteiger partial charge is 0.321 e. The highest BCUT2D eigenvalue weighted by molar-refractivity contribution is 5.97. The number of esters is 4. The van der Waals surface area contributed by atoms with Gasteiger partial charge in [0.1, 0.15) is 0 Å². The number of carbonyl (C=O) groups is 4. The van der Waals surface area contributed by atoms with E-state index in [0.717, 1.165) is 0 Å². The zero-order chi connectivity index (χ0) is 29.1. The van der Waals surface area contributed by atoms with Crippen molar-refractivity contribution in [2.24, 2.45) is 11.8 Å². The number of hydrogen-bond acceptors (Lipinski definition) is 8. The van der Waals surface area contributed by atoms with Gasteiger partial charge >= 0.3 is 23.9 Å². The number of hydrogen-bond donors (Lipinski definition) is 2. The van der Waals surface area contributed by atoms with Crippen molar-refractivity contribution in [3.05, 3.63) is 83.4 Å². The Morgan fingerprint density at radius 2 is 0.925 bits per heavy atom. The molecular weight excluding hydrogens is 516 g/mol. The number of aromatic nitrogens is 2. The second kappa shape index (κ2) is 14.7. The topological polar surface area (TPSA) is 137 Å². The number of nitrogens with one attached hydrogen (secondary N) is 2. The third-order valence-electron chi connectivity index (χ3n) is 6.37. The molecule has 2 heterocycles. The SMILES string of the molecule is CCOC(=O)C(C(=O)OCC)C(c1cccc(C(c2ccc[nH]2)C(C(=O)OCC)C(=O)OCC)c1)c1ccc[nH]1. The van der Waals surface area contributed by atoms with E-state index in [1.807, 2.05) is 0 Å². The average molecular weight is 553 g/mol. The summed E-state index contributed by atoms with van der Waals surface area (Å²) in [6.07, 6.45) is 3.39. The Hall–Kier alpha value is -4.34. The first-order valence-electron chi connectivity index (χ1n) is 13.4. The van der Waals surface area contributed by atoms with Crippen molar-refractivity contribution in [2.45, 2.75) is 39.5 Å². The molecule has 40 heavy (non-hydrogen) atoms. The zero-order valence-electron chi connectivity index (χ0n) is 23.2. The molecule has 0 aliphatic heterocycles. The maximum absolute atomic E-state index is 13.1. The second-order valence-electron chi connectivity index (χ2n) is 8.84. The van der Waals surface area contributed by atoms with Crippen LogP contribution in [-0.4, -0.2) is 60.3 Å². The number of rotatable bonds is 14. The van der Waals surface area contributed by atoms with Crippen LogP contribution in [0, 0.1) is 11.8 Å². The van der Waals surface area contributed by atoms with Crippen LogP contribution >= 0.6 is 0 Å². The van der Waals surface area contributed by atoms with Crippen LogP contribution < -0.4 is 0 Å². The number of ether oxygens (including phenoxy) is 4. The molecule has 3 rings (SSSR count). The van der Waals surface area contributed by atoms with E-state index in [4.69, 9.17) is 18.9 Å². The van der Waals surface area contributed by atoms with Crippen LogP contribution in [0.2, 0.25) is 0 Å². The first-order chi connectivity index (χ1) is 19.4. The standard InChI is InChI=1S/C30H36N2O8/c1-5-37-27(33)25(28(34)38-6-2)23(21-14-10-16-31-21)19-12-9-13-20(18-19)24(22-15-11-17-32-22)26(29(35)39-7-3)30(36)40-8-4/h9-18,23-26,31-32H,5-8H2,1-4H3. The van der Waals surface area contributed by atoms with Gasteiger partial charge in [-0.1, -0.05) is 24.3 Å². The van der Waals surface area contributed by atoms with Crippen molar-refractivity contribution < 1.29 is 38.1 Å². The highest BCUT2D eigenvalue weighted by Gasteiger charge is 2.42. The summed E-state index contributed by atoms with van der Waals surface area (Å²) in [6.45, 7) is 6.99. The number of H-pyrrole nitrogens is 2. The molecule has 0 spiro atoms. The summed E-state index contributed by atoms with van der Waals surface area (Å²) >= 11 is 0. The molecule has 2 atom stereocenters. The van der Waals surface area contributed by atoms with E-state index in [2.05, 4.69) is 9.97 Å². The molecule has 2 unspecified atom stereocenters. The summed E-state index contributed by atoms with van der Waals surface area (Å²) in [6, 6.07) is 14.1. The molecule has 0 radical (unpaired) electrons. The van der Waals surface area contributed by atoms with Crippen LogP contribution in [0.25, 0.3) is 0 Å². The molecule has 0 aliphatic rings. The Balaban J connectivity index is 2.21. The molecule has 2 aromatic heterocycles. The van der Waals surface area contributed by atoms with Gasteiger partial charge in [-0.05, 0) is 63.1 Å². The van der Waals surface area contributed by atoms with E-state index >= 15 is 0 Å². The van der Waals surface area contributed by atoms with Crippen LogP contribution in [0.3, 0.4) is 0 Å². The van der Waals surface area contributed by atoms with E-state index in [0.29, 0.717) is 22.5 Å². The molecular formula is C30H36N2O8. The fourth-order valence-electron chi connectivity index (χ4n) is 4.79. The molecule has 0 saturated heterocycles. The summed E-state index contributed by atoms with van der Waals surface area (Å²) in [5.74, 6) is -7.09. The third kappa shape index (κ3) is 6.99. The molecule has 0 aliphatic carbocycles. The van der Waals surface area contributed by atoms with Gasteiger partial charge < -0.3 is 28.9 Å². The lowest BCUT2D eigenvalue weighted by atomic mass is 9.79. The molecule has 0 fully saturated rings. The summed E-state index contributed by atoms with van der Waals surface area (Å²) < 4.78 is 21.1. The van der Waals surface area contributed by atoms with E-state index < -0.39 is 47.5 Å². The lowest BCUT2D eigenvalue weighted by Gasteiger charge is -2.27. The van der Waals surface area contributed by atoms with Crippen molar-refractivity contribution in [2.75, 3.05) is 26.4 Å². The van der Waals surface area contributed by atoms with Crippen molar-refractivity contribution >= 4 is 23.9 Å². The summed E-state index contributed by atoms with van der Waals surface area (Å²) in [5.41, 5.74) is 2.34. The van der Waals surface area contributed by atoms with Crippen LogP contribution in [0.1, 0.15) is 62.0 Å². The molecule has 1 aromatic carbocycles. The van der Waals surface area contributed by atoms with Crippen LogP contribution in [0.4, 0.5) is 0 Å². The van der Waals surface area contributed by atoms with Gasteiger partial charge in [0.25, 0.3) is 0 Å². The van der Waals surface area contributed by atoms with E-state index in [1.165, 1.54) is 0 Å². The third-order valence-corrected chi connectivity index (χ3v) is 6.37. The predicted molar refractivity (Wildman–Crippen MR) is 145 cm³/mol. The van der Waals surface area contributed by atoms with Gasteiger partial charge in [0, 0.05) is 35.6 Å². The van der Waals surface area contributed by atoms with E-state index in [9.17, 15) is 19.2 Å². The van der Waals surface area contributed by atoms with Crippen LogP contribution in [-0.2, 0) is 38.1 Å². The first kappa shape index (κ1) is 30.2. The maximum atomic E-state index is 13.1. The average Bonchev–Trinajstić information content (AvgIpc) is 3.65. The van der Waals surface area contributed by atoms with Gasteiger partial charge in [0.05, 0.1) is 26.4 Å². The Labute approximate surface area is 233 Å². The fourth-order valence-corrected chi connectivity index (χ4v) is 4.79. The van der Waals surface area contributed by atoms with Gasteiger partial charge in [0.2, 0.25) is 0 Å². The Kier molecular flexibility index (Phi) is 11.1. The molecule has 214 valence electrons. The highest BCUT2D eigenvalue weighted by Crippen LogP contribution is 2.38. The first-order valence-corrected chi connectivity index (χ1v) is 13.4. The van der Waals surface area contributed by atoms with Crippen molar-refractivity contribution in [3.63, 3.8) is 0 Å². The fraction of sp³-hybridized carbons (Fsp3) is 0.400. The van der Waals surface area contributed by atoms with Crippen LogP contribution in [0.15, 0.2) is 60.9 Å². The molecule has 10 nitrogen and oxygen atoms in total. The van der Waals surface area contributed by atoms with E-state index in [1.54, 1.807) is 88.6 Å². The molecule has 0 bridgehead atoms. The molecule has 0 saturated carbocycles. The quantitative estimate of drug-likeness (QED) is 0.173. The minimum absolute atomic E-state index is 0.0852. The Morgan fingerprint density at radius 1 is 0.575 bits per heavy atom. The highest BCUT2D eigenvalue weighted by atomic mass is 16.6. The van der Waals surface area contributed by atoms with Gasteiger partial charge in [0.15, 0.2) is 11.8 Å². The molecule has 10 heteroatoms. The Morgan fingerprint density at radius 3 is 1.20 bits per heavy atom. The van der Waals surface area contributed by atoms with Gasteiger partial charge in [-0.15, -0.1) is 0 Å². The maximum Gasteiger partial charge on any atom is 0.321 e. The minimum atomic E-state index is -1.30. The number of carbonyl (C=O) groups excluding carboxylic acids is 4. The Bertz CT molecular complexity index is 1120. The molecule has 2 N–H and O–H groups in total. The second-order valence-corrected chi connectivity index (χ2v) is 8.84. The molecule has 0 amide bonds. The van der Waals surface area contributed by atoms with Gasteiger partial charge in [-0.3, -0.25) is 19.2 Å². The van der Waals surface area contributed by atoms with Gasteiger partial charge in [-0.25, -0.2) is 0 Å². The summed E-state index contributed by atoms with van der Waals surface area (Å²) in [5, 5.41) is 0. The van der Waals surface area contributed by atoms with Crippen molar-refractivity contribution in [1.29, 1.82) is 0 Å². The van der Waals surface area contributed by atoms with Crippen molar-refractivity contribution in [3.8, 4) is 0 Å². The number of benzene rings is 1. The van der Waals surface area contributed by atoms with Crippen molar-refractivity contribution in [1.82, 2.24) is 9.97 Å². The number of aromatic amines is 2. The lowest BCUT2D eigenvalue weighted by Crippen LogP contribution is -2.35. The minimum Gasteiger partial charge on any atom is -0.465 e. The molecule has 3 aromatic rings. The summed E-state index contributed by atoms with van der Waals surface area (Å²) in [7, 11) is 0. The largest absolute Gasteiger partial charge is 0.465 e. The normalized spacial score (nSPS) is 12.6. The lowest BCUT2D eigenvalue weighted by molar-refractivity contribution is -0.164. The van der Waals surface area contributed by atoms with E-state index in [-0.39, 0.29) is 26.4 Å². The predicted octanol–water partition coefficient (Wildman–Crippen LogP) is 4.09. The summed E-state index contributed by atoms with van der Waals surface area (Å²) in [4.78, 5) is 58.8. The van der Waals surface area contributed by atoms with Gasteiger partial charge in [-0.2, -0.15) is 0 Å².